The summed E-state index contributed by atoms with van der Waals surface area (Å²) in [6.07, 6.45) is 6.31. The molecule has 49 heavy (non-hydrogen) atoms. The van der Waals surface area contributed by atoms with Crippen molar-refractivity contribution in [2.45, 2.75) is 13.8 Å². The largest absolute Gasteiger partial charge is 0.673 e. The molecule has 0 atom stereocenters. The van der Waals surface area contributed by atoms with E-state index in [0.717, 1.165) is 17.1 Å². The first kappa shape index (κ1) is 40.4. The minimum Gasteiger partial charge on any atom is -0.418 e. The zero-order chi connectivity index (χ0) is 37.2. The maximum Gasteiger partial charge on any atom is 0.673 e. The van der Waals surface area contributed by atoms with Gasteiger partial charge in [-0.1, -0.05) is 35.4 Å². The molecule has 262 valence electrons. The van der Waals surface area contributed by atoms with E-state index in [-0.39, 0.29) is 0 Å². The first-order valence-corrected chi connectivity index (χ1v) is 14.3. The lowest BCUT2D eigenvalue weighted by Gasteiger charge is -2.12. The van der Waals surface area contributed by atoms with E-state index < -0.39 is 21.8 Å². The molecule has 5 aromatic rings. The van der Waals surface area contributed by atoms with Crippen molar-refractivity contribution in [2.75, 3.05) is 0 Å². The third-order valence-corrected chi connectivity index (χ3v) is 6.33. The van der Waals surface area contributed by atoms with E-state index in [1.165, 1.54) is 33.5 Å². The number of halogens is 12. The number of hydrogen-bond acceptors (Lipinski definition) is 0. The predicted molar refractivity (Wildman–Crippen MR) is 167 cm³/mol. The van der Waals surface area contributed by atoms with E-state index >= 15 is 0 Å². The molecular formula is C31H30B3F12N3. The van der Waals surface area contributed by atoms with E-state index in [4.69, 9.17) is 0 Å². The number of benzene rings is 2. The molecule has 0 aliphatic heterocycles. The average molecular weight is 705 g/mol. The second-order valence-corrected chi connectivity index (χ2v) is 10.5. The molecule has 3 aromatic heterocycles. The summed E-state index contributed by atoms with van der Waals surface area (Å²) in [6.45, 7) is 4.26. The van der Waals surface area contributed by atoms with E-state index in [1.54, 1.807) is 0 Å². The van der Waals surface area contributed by atoms with Gasteiger partial charge in [-0.05, 0) is 44.2 Å². The molecule has 0 amide bonds. The zero-order valence-corrected chi connectivity index (χ0v) is 26.5. The molecule has 5 rings (SSSR count). The van der Waals surface area contributed by atoms with Crippen LogP contribution in [-0.2, 0) is 14.1 Å². The number of nitrogens with zero attached hydrogens (tertiary/aromatic N) is 3. The summed E-state index contributed by atoms with van der Waals surface area (Å²) in [4.78, 5) is 0. The summed E-state index contributed by atoms with van der Waals surface area (Å²) in [6, 6.07) is 33.0. The quantitative estimate of drug-likeness (QED) is 0.101. The second kappa shape index (κ2) is 17.1. The molecule has 0 radical (unpaired) electrons. The van der Waals surface area contributed by atoms with Crippen molar-refractivity contribution in [1.82, 2.24) is 0 Å². The molecule has 18 heteroatoms. The molecule has 0 N–H and O–H groups in total. The highest BCUT2D eigenvalue weighted by Crippen LogP contribution is 2.29. The minimum atomic E-state index is -6.00. The Kier molecular flexibility index (Phi) is 14.1. The Bertz CT molecular complexity index is 1660. The van der Waals surface area contributed by atoms with Crippen LogP contribution in [0.4, 0.5) is 51.8 Å². The third kappa shape index (κ3) is 15.8. The highest BCUT2D eigenvalue weighted by molar-refractivity contribution is 6.50. The van der Waals surface area contributed by atoms with Crippen molar-refractivity contribution >= 4 is 21.8 Å². The van der Waals surface area contributed by atoms with Gasteiger partial charge in [0.15, 0.2) is 18.6 Å². The summed E-state index contributed by atoms with van der Waals surface area (Å²) in [7, 11) is -13.8. The Balaban J connectivity index is 0.000000468. The second-order valence-electron chi connectivity index (χ2n) is 10.5. The standard InChI is InChI=1S/C31H30N3.3BF4/c1-23-8-12-25(13-9-23)30-21-27(29-7-5-6-18-33(29)4)22-31(26-14-10-24(2)11-15-26)34(30)28-16-19-32(3)20-17-28;3*2-1(3,4)5/h5-22H,1-4H3;;;/q+3;3*-1. The molecule has 3 nitrogen and oxygen atoms in total. The smallest absolute Gasteiger partial charge is 0.418 e. The molecule has 0 aliphatic carbocycles. The monoisotopic (exact) mass is 705 g/mol. The van der Waals surface area contributed by atoms with Gasteiger partial charge in [-0.2, -0.15) is 4.57 Å². The predicted octanol–water partition coefficient (Wildman–Crippen LogP) is 9.13. The van der Waals surface area contributed by atoms with Gasteiger partial charge in [0.05, 0.1) is 17.7 Å². The van der Waals surface area contributed by atoms with Gasteiger partial charge in [0, 0.05) is 35.4 Å². The molecule has 0 saturated heterocycles. The molecule has 0 fully saturated rings. The third-order valence-electron chi connectivity index (χ3n) is 6.33. The summed E-state index contributed by atoms with van der Waals surface area (Å²) < 4.78 is 124. The van der Waals surface area contributed by atoms with Crippen molar-refractivity contribution in [2.24, 2.45) is 14.1 Å². The normalized spacial score (nSPS) is 11.3. The maximum absolute atomic E-state index is 9.75. The van der Waals surface area contributed by atoms with Gasteiger partial charge in [-0.3, -0.25) is 0 Å². The molecule has 2 aromatic carbocycles. The van der Waals surface area contributed by atoms with Crippen LogP contribution in [0, 0.1) is 13.8 Å². The topological polar surface area (TPSA) is 11.6 Å². The Hall–Kier alpha value is -4.76. The van der Waals surface area contributed by atoms with Crippen molar-refractivity contribution in [3.63, 3.8) is 0 Å². The van der Waals surface area contributed by atoms with Crippen LogP contribution >= 0.6 is 0 Å². The highest BCUT2D eigenvalue weighted by atomic mass is 19.5. The Morgan fingerprint density at radius 2 is 0.796 bits per heavy atom. The molecule has 0 bridgehead atoms. The molecule has 0 aliphatic rings. The van der Waals surface area contributed by atoms with Crippen LogP contribution < -0.4 is 13.7 Å². The fraction of sp³-hybridized carbons (Fsp3) is 0.129. The van der Waals surface area contributed by atoms with Crippen LogP contribution in [0.2, 0.25) is 0 Å². The number of hydrogen-bond donors (Lipinski definition) is 0. The van der Waals surface area contributed by atoms with Gasteiger partial charge >= 0.3 is 21.8 Å². The molecule has 0 spiro atoms. The number of pyridine rings is 3. The van der Waals surface area contributed by atoms with Crippen LogP contribution in [0.3, 0.4) is 0 Å². The van der Waals surface area contributed by atoms with E-state index in [9.17, 15) is 51.8 Å². The Labute approximate surface area is 275 Å². The summed E-state index contributed by atoms with van der Waals surface area (Å²) in [5, 5.41) is 0. The zero-order valence-electron chi connectivity index (χ0n) is 26.5. The van der Waals surface area contributed by atoms with Crippen molar-refractivity contribution < 1.29 is 65.5 Å². The van der Waals surface area contributed by atoms with Crippen LogP contribution in [0.1, 0.15) is 11.1 Å². The number of aromatic nitrogens is 3. The van der Waals surface area contributed by atoms with Crippen molar-refractivity contribution in [1.29, 1.82) is 0 Å². The lowest BCUT2D eigenvalue weighted by molar-refractivity contribution is -0.673. The van der Waals surface area contributed by atoms with Crippen molar-refractivity contribution in [3.8, 4) is 39.5 Å². The summed E-state index contributed by atoms with van der Waals surface area (Å²) >= 11 is 0. The van der Waals surface area contributed by atoms with Gasteiger partial charge < -0.3 is 51.8 Å². The van der Waals surface area contributed by atoms with Crippen molar-refractivity contribution in [3.05, 3.63) is 121 Å². The molecule has 0 unspecified atom stereocenters. The fourth-order valence-corrected chi connectivity index (χ4v) is 4.36. The fourth-order valence-electron chi connectivity index (χ4n) is 4.36. The van der Waals surface area contributed by atoms with Crippen LogP contribution in [0.15, 0.2) is 110 Å². The van der Waals surface area contributed by atoms with Crippen LogP contribution in [-0.4, -0.2) is 21.8 Å². The number of rotatable bonds is 4. The first-order chi connectivity index (χ1) is 22.5. The lowest BCUT2D eigenvalue weighted by atomic mass is 9.99. The Morgan fingerprint density at radius 3 is 1.14 bits per heavy atom. The average Bonchev–Trinajstić information content (AvgIpc) is 2.96. The molecule has 0 saturated carbocycles. The number of aryl methyl sites for hydroxylation is 4. The van der Waals surface area contributed by atoms with E-state index in [1.807, 2.05) is 0 Å². The van der Waals surface area contributed by atoms with E-state index in [2.05, 4.69) is 151 Å². The SMILES string of the molecule is Cc1ccc(-c2cc(-c3cccc[n+]3C)cc(-c3ccc(C)cc3)[n+]2-c2cc[n+](C)cc2)cc1.F[B-](F)(F)F.F[B-](F)(F)F.F[B-](F)(F)F. The Morgan fingerprint density at radius 1 is 0.429 bits per heavy atom. The van der Waals surface area contributed by atoms with Gasteiger partial charge in [0.2, 0.25) is 22.8 Å². The highest BCUT2D eigenvalue weighted by Gasteiger charge is 2.27. The lowest BCUT2D eigenvalue weighted by Crippen LogP contribution is -2.38. The molecular weight excluding hydrogens is 675 g/mol. The van der Waals surface area contributed by atoms with Gasteiger partial charge in [-0.15, -0.1) is 0 Å². The summed E-state index contributed by atoms with van der Waals surface area (Å²) in [5.74, 6) is 0. The van der Waals surface area contributed by atoms with Gasteiger partial charge in [-0.25, -0.2) is 9.13 Å². The van der Waals surface area contributed by atoms with Crippen LogP contribution in [0.25, 0.3) is 39.5 Å². The molecule has 3 heterocycles. The summed E-state index contributed by atoms with van der Waals surface area (Å²) in [5.41, 5.74) is 10.7. The van der Waals surface area contributed by atoms with E-state index in [0.29, 0.717) is 0 Å². The first-order valence-electron chi connectivity index (χ1n) is 14.3. The maximum atomic E-state index is 9.75. The van der Waals surface area contributed by atoms with Gasteiger partial charge in [0.1, 0.15) is 14.1 Å². The van der Waals surface area contributed by atoms with Gasteiger partial charge in [0.25, 0.3) is 0 Å². The van der Waals surface area contributed by atoms with Crippen LogP contribution in [0.5, 0.6) is 0 Å². The minimum absolute atomic E-state index is 1.13.